The van der Waals surface area contributed by atoms with E-state index in [0.29, 0.717) is 4.99 Å². The van der Waals surface area contributed by atoms with Gasteiger partial charge in [-0.1, -0.05) is 12.2 Å². The van der Waals surface area contributed by atoms with Crippen molar-refractivity contribution in [2.45, 2.75) is 17.6 Å². The van der Waals surface area contributed by atoms with Crippen molar-refractivity contribution in [3.63, 3.8) is 0 Å². The number of urea groups is 1. The van der Waals surface area contributed by atoms with Crippen molar-refractivity contribution >= 4 is 40.9 Å². The predicted octanol–water partition coefficient (Wildman–Crippen LogP) is -0.335. The molecule has 102 valence electrons. The van der Waals surface area contributed by atoms with E-state index in [1.807, 2.05) is 11.2 Å². The maximum Gasteiger partial charge on any atom is 0.318 e. The highest BCUT2D eigenvalue weighted by Crippen LogP contribution is 2.34. The molecule has 0 atom stereocenters. The van der Waals surface area contributed by atoms with Crippen LogP contribution in [-0.4, -0.2) is 52.5 Å². The lowest BCUT2D eigenvalue weighted by atomic mass is 9.95. The number of piperidine rings is 1. The lowest BCUT2D eigenvalue weighted by molar-refractivity contribution is -0.121. The molecule has 0 saturated carbocycles. The zero-order valence-electron chi connectivity index (χ0n) is 10.3. The van der Waals surface area contributed by atoms with Crippen LogP contribution in [0.2, 0.25) is 0 Å². The Kier molecular flexibility index (Phi) is 5.36. The number of likely N-dealkylation sites (tertiary alicyclic amines) is 1. The van der Waals surface area contributed by atoms with E-state index in [-0.39, 0.29) is 17.2 Å². The molecule has 0 aromatic rings. The Bertz CT molecular complexity index is 354. The molecule has 1 heterocycles. The number of primary amides is 1. The summed E-state index contributed by atoms with van der Waals surface area (Å²) in [7, 11) is 0. The van der Waals surface area contributed by atoms with Crippen LogP contribution in [-0.2, 0) is 4.79 Å². The molecule has 1 rings (SSSR count). The van der Waals surface area contributed by atoms with Crippen molar-refractivity contribution in [3.05, 3.63) is 0 Å². The average Bonchev–Trinajstić information content (AvgIpc) is 2.28. The van der Waals surface area contributed by atoms with E-state index in [4.69, 9.17) is 23.7 Å². The van der Waals surface area contributed by atoms with E-state index in [1.165, 1.54) is 0 Å². The van der Waals surface area contributed by atoms with Crippen LogP contribution in [0.1, 0.15) is 12.8 Å². The van der Waals surface area contributed by atoms with E-state index < -0.39 is 6.03 Å². The van der Waals surface area contributed by atoms with Gasteiger partial charge in [0.2, 0.25) is 5.91 Å². The van der Waals surface area contributed by atoms with Crippen molar-refractivity contribution in [2.24, 2.45) is 11.5 Å². The number of hydrogen-bond donors (Lipinski definition) is 3. The number of carbonyl (C=O) groups excluding carboxylic acids is 2. The molecule has 0 bridgehead atoms. The molecule has 1 aliphatic heterocycles. The first-order valence-corrected chi connectivity index (χ1v) is 7.19. The van der Waals surface area contributed by atoms with Crippen molar-refractivity contribution in [2.75, 3.05) is 25.9 Å². The summed E-state index contributed by atoms with van der Waals surface area (Å²) in [6.07, 6.45) is 3.62. The van der Waals surface area contributed by atoms with Gasteiger partial charge in [-0.3, -0.25) is 15.0 Å². The number of amides is 3. The summed E-state index contributed by atoms with van der Waals surface area (Å²) in [5.41, 5.74) is 10.7. The number of imide groups is 1. The number of thiocarbonyl (C=S) groups is 1. The maximum atomic E-state index is 11.4. The lowest BCUT2D eigenvalue weighted by Crippen LogP contribution is -2.51. The minimum Gasteiger partial charge on any atom is -0.392 e. The number of hydrogen-bond acceptors (Lipinski definition) is 5. The summed E-state index contributed by atoms with van der Waals surface area (Å²) in [5, 5.41) is 2.05. The van der Waals surface area contributed by atoms with Gasteiger partial charge >= 0.3 is 6.03 Å². The number of nitrogens with zero attached hydrogens (tertiary/aromatic N) is 1. The highest BCUT2D eigenvalue weighted by molar-refractivity contribution is 8.02. The summed E-state index contributed by atoms with van der Waals surface area (Å²) >= 11 is 6.77. The van der Waals surface area contributed by atoms with Crippen LogP contribution < -0.4 is 16.8 Å². The number of nitrogens with two attached hydrogens (primary N) is 2. The highest BCUT2D eigenvalue weighted by atomic mass is 32.2. The van der Waals surface area contributed by atoms with Crippen LogP contribution in [0, 0.1) is 0 Å². The molecule has 3 amide bonds. The van der Waals surface area contributed by atoms with Crippen LogP contribution in [0.4, 0.5) is 4.79 Å². The van der Waals surface area contributed by atoms with Crippen LogP contribution in [0.15, 0.2) is 0 Å². The van der Waals surface area contributed by atoms with Gasteiger partial charge in [-0.2, -0.15) is 11.8 Å². The molecule has 0 unspecified atom stereocenters. The summed E-state index contributed by atoms with van der Waals surface area (Å²) in [4.78, 5) is 24.4. The Labute approximate surface area is 116 Å². The minimum atomic E-state index is -0.821. The molecule has 5 N–H and O–H groups in total. The minimum absolute atomic E-state index is 0.161. The highest BCUT2D eigenvalue weighted by Gasteiger charge is 2.36. The molecule has 8 heteroatoms. The lowest BCUT2D eigenvalue weighted by Gasteiger charge is -2.39. The summed E-state index contributed by atoms with van der Waals surface area (Å²) in [6.45, 7) is 1.62. The van der Waals surface area contributed by atoms with Gasteiger partial charge in [-0.05, 0) is 19.1 Å². The first-order valence-electron chi connectivity index (χ1n) is 5.56. The van der Waals surface area contributed by atoms with Gasteiger partial charge in [0.1, 0.15) is 0 Å². The Morgan fingerprint density at radius 1 is 1.39 bits per heavy atom. The third kappa shape index (κ3) is 3.82. The molecule has 1 fully saturated rings. The van der Waals surface area contributed by atoms with E-state index in [2.05, 4.69) is 5.32 Å². The zero-order chi connectivity index (χ0) is 13.8. The fourth-order valence-corrected chi connectivity index (χ4v) is 3.25. The van der Waals surface area contributed by atoms with Crippen molar-refractivity contribution in [1.82, 2.24) is 10.2 Å². The number of carbonyl (C=O) groups is 2. The monoisotopic (exact) mass is 290 g/mol. The van der Waals surface area contributed by atoms with Gasteiger partial charge in [0.15, 0.2) is 0 Å². The van der Waals surface area contributed by atoms with Crippen LogP contribution in [0.5, 0.6) is 0 Å². The normalized spacial score (nSPS) is 19.2. The third-order valence-corrected chi connectivity index (χ3v) is 5.06. The molecular weight excluding hydrogens is 272 g/mol. The molecular formula is C10H18N4O2S2. The number of nitrogens with one attached hydrogen (secondary N) is 1. The summed E-state index contributed by atoms with van der Waals surface area (Å²) < 4.78 is -0.161. The standard InChI is InChI=1S/C10H18N4O2S2/c1-18-10(8(11)17)2-4-14(5-3-10)6-7(15)13-9(12)16/h2-6H2,1H3,(H2,11,17)(H3,12,13,15,16). The van der Waals surface area contributed by atoms with Gasteiger partial charge < -0.3 is 11.5 Å². The molecule has 0 aromatic carbocycles. The Balaban J connectivity index is 2.46. The Hall–Kier alpha value is -0.860. The maximum absolute atomic E-state index is 11.4. The van der Waals surface area contributed by atoms with Gasteiger partial charge in [0, 0.05) is 13.1 Å². The molecule has 1 aliphatic rings. The average molecular weight is 290 g/mol. The number of thioether (sulfide) groups is 1. The first-order chi connectivity index (χ1) is 8.39. The van der Waals surface area contributed by atoms with Gasteiger partial charge in [-0.25, -0.2) is 4.79 Å². The molecule has 6 nitrogen and oxygen atoms in total. The molecule has 0 spiro atoms. The molecule has 0 aliphatic carbocycles. The smallest absolute Gasteiger partial charge is 0.318 e. The van der Waals surface area contributed by atoms with E-state index in [1.54, 1.807) is 11.8 Å². The van der Waals surface area contributed by atoms with E-state index >= 15 is 0 Å². The van der Waals surface area contributed by atoms with E-state index in [0.717, 1.165) is 25.9 Å². The summed E-state index contributed by atoms with van der Waals surface area (Å²) in [6, 6.07) is -0.821. The second kappa shape index (κ2) is 6.35. The SMILES string of the molecule is CSC1(C(N)=S)CCN(CC(=O)NC(N)=O)CC1. The summed E-state index contributed by atoms with van der Waals surface area (Å²) in [5.74, 6) is -0.380. The van der Waals surface area contributed by atoms with E-state index in [9.17, 15) is 9.59 Å². The third-order valence-electron chi connectivity index (χ3n) is 3.13. The molecule has 0 radical (unpaired) electrons. The molecule has 0 aromatic heterocycles. The largest absolute Gasteiger partial charge is 0.392 e. The Morgan fingerprint density at radius 3 is 2.33 bits per heavy atom. The van der Waals surface area contributed by atoms with Gasteiger partial charge in [-0.15, -0.1) is 0 Å². The van der Waals surface area contributed by atoms with Gasteiger partial charge in [0.05, 0.1) is 16.3 Å². The fourth-order valence-electron chi connectivity index (χ4n) is 2.00. The van der Waals surface area contributed by atoms with Gasteiger partial charge in [0.25, 0.3) is 0 Å². The predicted molar refractivity (Wildman–Crippen MR) is 76.4 cm³/mol. The van der Waals surface area contributed by atoms with Crippen molar-refractivity contribution in [3.8, 4) is 0 Å². The second-order valence-corrected chi connectivity index (χ2v) is 5.88. The van der Waals surface area contributed by atoms with Crippen molar-refractivity contribution in [1.29, 1.82) is 0 Å². The molecule has 1 saturated heterocycles. The quantitative estimate of drug-likeness (QED) is 0.613. The topological polar surface area (TPSA) is 101 Å². The second-order valence-electron chi connectivity index (χ2n) is 4.25. The van der Waals surface area contributed by atoms with Crippen LogP contribution in [0.3, 0.4) is 0 Å². The van der Waals surface area contributed by atoms with Crippen molar-refractivity contribution < 1.29 is 9.59 Å². The van der Waals surface area contributed by atoms with Crippen LogP contribution in [0.25, 0.3) is 0 Å². The Morgan fingerprint density at radius 2 is 1.94 bits per heavy atom. The number of rotatable bonds is 4. The molecule has 18 heavy (non-hydrogen) atoms. The first kappa shape index (κ1) is 15.2. The fraction of sp³-hybridized carbons (Fsp3) is 0.700. The van der Waals surface area contributed by atoms with Crippen LogP contribution >= 0.6 is 24.0 Å². The zero-order valence-corrected chi connectivity index (χ0v) is 11.9.